The fourth-order valence-electron chi connectivity index (χ4n) is 2.58. The zero-order valence-electron chi connectivity index (χ0n) is 12.8. The van der Waals surface area contributed by atoms with Gasteiger partial charge in [-0.25, -0.2) is 0 Å². The van der Waals surface area contributed by atoms with Crippen molar-refractivity contribution in [2.45, 2.75) is 18.6 Å². The van der Waals surface area contributed by atoms with Gasteiger partial charge in [-0.05, 0) is 31.7 Å². The van der Waals surface area contributed by atoms with Crippen molar-refractivity contribution in [3.8, 4) is 0 Å². The van der Waals surface area contributed by atoms with Crippen molar-refractivity contribution >= 4 is 11.8 Å². The molecule has 0 amide bonds. The van der Waals surface area contributed by atoms with E-state index < -0.39 is 0 Å². The molecule has 2 aliphatic rings. The molecule has 0 spiro atoms. The number of likely N-dealkylation sites (tertiary alicyclic amines) is 1. The molecule has 2 fully saturated rings. The van der Waals surface area contributed by atoms with Crippen LogP contribution in [0.25, 0.3) is 0 Å². The molecule has 118 valence electrons. The van der Waals surface area contributed by atoms with Crippen LogP contribution >= 0.6 is 11.8 Å². The van der Waals surface area contributed by atoms with Crippen LogP contribution in [-0.4, -0.2) is 56.8 Å². The second kappa shape index (κ2) is 7.89. The van der Waals surface area contributed by atoms with Crippen LogP contribution in [0.4, 0.5) is 0 Å². The minimum Gasteiger partial charge on any atom is -0.480 e. The summed E-state index contributed by atoms with van der Waals surface area (Å²) in [7, 11) is 3.91. The van der Waals surface area contributed by atoms with Gasteiger partial charge in [0.15, 0.2) is 0 Å². The molecule has 6 heteroatoms. The first-order chi connectivity index (χ1) is 10.1. The number of nitrogens with zero attached hydrogens (tertiary/aromatic N) is 1. The van der Waals surface area contributed by atoms with E-state index in [2.05, 4.69) is 23.8 Å². The van der Waals surface area contributed by atoms with Crippen molar-refractivity contribution in [2.75, 3.05) is 39.7 Å². The zero-order valence-corrected chi connectivity index (χ0v) is 13.6. The predicted octanol–water partition coefficient (Wildman–Crippen LogP) is 1.26. The molecule has 0 saturated carbocycles. The van der Waals surface area contributed by atoms with E-state index in [0.717, 1.165) is 42.3 Å². The number of nitrogens with two attached hydrogens (primary N) is 1. The van der Waals surface area contributed by atoms with Crippen molar-refractivity contribution in [1.29, 1.82) is 0 Å². The smallest absolute Gasteiger partial charge is 0.149 e. The van der Waals surface area contributed by atoms with Crippen molar-refractivity contribution in [2.24, 2.45) is 5.73 Å². The molecule has 2 heterocycles. The second-order valence-corrected chi connectivity index (χ2v) is 6.38. The van der Waals surface area contributed by atoms with Gasteiger partial charge in [-0.15, -0.1) is 0 Å². The first-order valence-electron chi connectivity index (χ1n) is 7.16. The van der Waals surface area contributed by atoms with Gasteiger partial charge in [-0.1, -0.05) is 18.3 Å². The third-order valence-electron chi connectivity index (χ3n) is 3.81. The summed E-state index contributed by atoms with van der Waals surface area (Å²) in [6, 6.07) is 0.373. The fraction of sp³-hybridized carbons (Fsp3) is 0.600. The van der Waals surface area contributed by atoms with E-state index in [9.17, 15) is 0 Å². The maximum atomic E-state index is 5.58. The standard InChI is InChI=1S/C15H25N3O2S/c1-11(6-15-13(7-16)20-10-21-15)8-17-12-4-5-18(2)9-14(12)19-3/h6-7,12,14,17H,1,4-5,8-10,16H2,2-3H3/b13-7+,15-6+/t12-,14?/m0/s1. The Morgan fingerprint density at radius 1 is 1.67 bits per heavy atom. The third-order valence-corrected chi connectivity index (χ3v) is 4.68. The molecule has 0 aliphatic carbocycles. The lowest BCUT2D eigenvalue weighted by Gasteiger charge is -2.36. The van der Waals surface area contributed by atoms with Crippen molar-refractivity contribution in [3.63, 3.8) is 0 Å². The largest absolute Gasteiger partial charge is 0.480 e. The lowest BCUT2D eigenvalue weighted by Crippen LogP contribution is -2.52. The quantitative estimate of drug-likeness (QED) is 0.797. The van der Waals surface area contributed by atoms with E-state index in [1.165, 1.54) is 6.20 Å². The molecule has 0 aromatic heterocycles. The summed E-state index contributed by atoms with van der Waals surface area (Å²) < 4.78 is 11.0. The molecule has 0 aromatic carbocycles. The van der Waals surface area contributed by atoms with Crippen LogP contribution in [0.5, 0.6) is 0 Å². The molecule has 2 aliphatic heterocycles. The maximum absolute atomic E-state index is 5.58. The SMILES string of the molecule is C=C(/C=C1/SCO/C1=C/N)CN[C@H]1CCN(C)CC1OC. The van der Waals surface area contributed by atoms with Crippen LogP contribution in [-0.2, 0) is 9.47 Å². The highest BCUT2D eigenvalue weighted by atomic mass is 32.2. The Hall–Kier alpha value is -0.950. The van der Waals surface area contributed by atoms with Gasteiger partial charge in [0.2, 0.25) is 0 Å². The molecule has 3 N–H and O–H groups in total. The minimum atomic E-state index is 0.230. The molecule has 1 unspecified atom stereocenters. The Morgan fingerprint density at radius 3 is 3.19 bits per heavy atom. The molecule has 2 rings (SSSR count). The van der Waals surface area contributed by atoms with E-state index in [1.807, 2.05) is 6.08 Å². The zero-order chi connectivity index (χ0) is 15.2. The first kappa shape index (κ1) is 16.4. The molecule has 21 heavy (non-hydrogen) atoms. The summed E-state index contributed by atoms with van der Waals surface area (Å²) in [6.45, 7) is 6.91. The number of rotatable bonds is 5. The van der Waals surface area contributed by atoms with Gasteiger partial charge in [0.1, 0.15) is 11.7 Å². The minimum absolute atomic E-state index is 0.230. The molecular weight excluding hydrogens is 286 g/mol. The van der Waals surface area contributed by atoms with Gasteiger partial charge in [-0.3, -0.25) is 0 Å². The number of hydrogen-bond donors (Lipinski definition) is 2. The van der Waals surface area contributed by atoms with Gasteiger partial charge < -0.3 is 25.4 Å². The van der Waals surface area contributed by atoms with E-state index in [0.29, 0.717) is 12.0 Å². The monoisotopic (exact) mass is 311 g/mol. The highest BCUT2D eigenvalue weighted by molar-refractivity contribution is 8.03. The average Bonchev–Trinajstić information content (AvgIpc) is 2.92. The summed E-state index contributed by atoms with van der Waals surface area (Å²) in [5, 5.41) is 3.55. The fourth-order valence-corrected chi connectivity index (χ4v) is 3.42. The molecular formula is C15H25N3O2S. The summed E-state index contributed by atoms with van der Waals surface area (Å²) in [5.41, 5.74) is 6.56. The molecule has 2 saturated heterocycles. The number of nitrogens with one attached hydrogen (secondary N) is 1. The van der Waals surface area contributed by atoms with Crippen LogP contribution in [0.3, 0.4) is 0 Å². The van der Waals surface area contributed by atoms with Crippen LogP contribution in [0, 0.1) is 0 Å². The second-order valence-electron chi connectivity index (χ2n) is 5.42. The molecule has 2 atom stereocenters. The van der Waals surface area contributed by atoms with E-state index in [4.69, 9.17) is 15.2 Å². The Kier molecular flexibility index (Phi) is 6.17. The Labute approximate surface area is 131 Å². The molecule has 5 nitrogen and oxygen atoms in total. The lowest BCUT2D eigenvalue weighted by molar-refractivity contribution is 0.0151. The van der Waals surface area contributed by atoms with Crippen LogP contribution in [0.2, 0.25) is 0 Å². The predicted molar refractivity (Wildman–Crippen MR) is 87.7 cm³/mol. The first-order valence-corrected chi connectivity index (χ1v) is 8.14. The van der Waals surface area contributed by atoms with Crippen LogP contribution < -0.4 is 11.1 Å². The van der Waals surface area contributed by atoms with Crippen molar-refractivity contribution < 1.29 is 9.47 Å². The number of piperidine rings is 1. The van der Waals surface area contributed by atoms with Gasteiger partial charge in [0.05, 0.1) is 11.0 Å². The van der Waals surface area contributed by atoms with E-state index in [1.54, 1.807) is 18.9 Å². The maximum Gasteiger partial charge on any atom is 0.149 e. The number of methoxy groups -OCH3 is 1. The topological polar surface area (TPSA) is 59.8 Å². The third kappa shape index (κ3) is 4.51. The number of likely N-dealkylation sites (N-methyl/N-ethyl adjacent to an activating group) is 1. The van der Waals surface area contributed by atoms with Crippen molar-refractivity contribution in [3.05, 3.63) is 35.1 Å². The highest BCUT2D eigenvalue weighted by Gasteiger charge is 2.27. The lowest BCUT2D eigenvalue weighted by atomic mass is 10.0. The average molecular weight is 311 g/mol. The van der Waals surface area contributed by atoms with Gasteiger partial charge in [0.25, 0.3) is 0 Å². The molecule has 0 radical (unpaired) electrons. The van der Waals surface area contributed by atoms with Gasteiger partial charge >= 0.3 is 0 Å². The van der Waals surface area contributed by atoms with Gasteiger partial charge in [-0.2, -0.15) is 0 Å². The van der Waals surface area contributed by atoms with Crippen molar-refractivity contribution in [1.82, 2.24) is 10.2 Å². The molecule has 0 bridgehead atoms. The number of ether oxygens (including phenoxy) is 2. The van der Waals surface area contributed by atoms with Crippen LogP contribution in [0.1, 0.15) is 6.42 Å². The van der Waals surface area contributed by atoms with E-state index in [-0.39, 0.29) is 6.10 Å². The van der Waals surface area contributed by atoms with Crippen LogP contribution in [0.15, 0.2) is 35.1 Å². The molecule has 0 aromatic rings. The summed E-state index contributed by atoms with van der Waals surface area (Å²) in [6.07, 6.45) is 4.86. The number of thioether (sulfide) groups is 1. The summed E-state index contributed by atoms with van der Waals surface area (Å²) >= 11 is 1.64. The van der Waals surface area contributed by atoms with Gasteiger partial charge in [0, 0.05) is 32.4 Å². The summed E-state index contributed by atoms with van der Waals surface area (Å²) in [5.74, 6) is 1.37. The number of hydrogen-bond acceptors (Lipinski definition) is 6. The Balaban J connectivity index is 1.85. The Morgan fingerprint density at radius 2 is 2.48 bits per heavy atom. The summed E-state index contributed by atoms with van der Waals surface area (Å²) in [4.78, 5) is 3.35. The highest BCUT2D eigenvalue weighted by Crippen LogP contribution is 2.33. The van der Waals surface area contributed by atoms with E-state index >= 15 is 0 Å². The normalized spacial score (nSPS) is 30.8. The Bertz CT molecular complexity index is 437.